The van der Waals surface area contributed by atoms with Gasteiger partial charge >= 0.3 is 0 Å². The molecule has 0 unspecified atom stereocenters. The van der Waals surface area contributed by atoms with E-state index in [4.69, 9.17) is 11.6 Å². The first-order chi connectivity index (χ1) is 8.33. The average molecular weight is 268 g/mol. The summed E-state index contributed by atoms with van der Waals surface area (Å²) in [4.78, 5) is 13.9. The standard InChI is InChI=1S/C14H18ClNO2/c1-9(2)14(18)7-16(8-14)13(17)12-5-4-11(15)6-10(12)3/h4-6,9,18H,7-8H2,1-3H3. The quantitative estimate of drug-likeness (QED) is 0.894. The van der Waals surface area contributed by atoms with Crippen LogP contribution in [0.3, 0.4) is 0 Å². The fourth-order valence-electron chi connectivity index (χ4n) is 2.16. The van der Waals surface area contributed by atoms with Crippen molar-refractivity contribution in [2.75, 3.05) is 13.1 Å². The van der Waals surface area contributed by atoms with Crippen molar-refractivity contribution >= 4 is 17.5 Å². The van der Waals surface area contributed by atoms with Crippen LogP contribution in [-0.4, -0.2) is 34.6 Å². The molecule has 18 heavy (non-hydrogen) atoms. The summed E-state index contributed by atoms with van der Waals surface area (Å²) in [6.45, 7) is 6.62. The number of benzene rings is 1. The second kappa shape index (κ2) is 4.56. The molecule has 3 nitrogen and oxygen atoms in total. The van der Waals surface area contributed by atoms with Crippen LogP contribution in [0.2, 0.25) is 5.02 Å². The second-order valence-corrected chi connectivity index (χ2v) is 5.82. The Morgan fingerprint density at radius 3 is 2.56 bits per heavy atom. The zero-order chi connectivity index (χ0) is 13.5. The Kier molecular flexibility index (Phi) is 3.39. The van der Waals surface area contributed by atoms with Crippen molar-refractivity contribution < 1.29 is 9.90 Å². The van der Waals surface area contributed by atoms with Gasteiger partial charge in [-0.1, -0.05) is 25.4 Å². The molecule has 1 aliphatic heterocycles. The van der Waals surface area contributed by atoms with Crippen LogP contribution < -0.4 is 0 Å². The third-order valence-electron chi connectivity index (χ3n) is 3.71. The topological polar surface area (TPSA) is 40.5 Å². The van der Waals surface area contributed by atoms with Crippen molar-refractivity contribution in [3.8, 4) is 0 Å². The van der Waals surface area contributed by atoms with E-state index in [-0.39, 0.29) is 11.8 Å². The maximum absolute atomic E-state index is 12.2. The first-order valence-electron chi connectivity index (χ1n) is 6.11. The third-order valence-corrected chi connectivity index (χ3v) is 3.95. The van der Waals surface area contributed by atoms with Gasteiger partial charge in [-0.2, -0.15) is 0 Å². The molecule has 1 saturated heterocycles. The highest BCUT2D eigenvalue weighted by Crippen LogP contribution is 2.30. The summed E-state index contributed by atoms with van der Waals surface area (Å²) in [5.41, 5.74) is 0.799. The van der Waals surface area contributed by atoms with Gasteiger partial charge in [0.15, 0.2) is 0 Å². The SMILES string of the molecule is Cc1cc(Cl)ccc1C(=O)N1CC(O)(C(C)C)C1. The highest BCUT2D eigenvalue weighted by atomic mass is 35.5. The Balaban J connectivity index is 2.11. The van der Waals surface area contributed by atoms with Gasteiger partial charge < -0.3 is 10.0 Å². The maximum atomic E-state index is 12.2. The molecular weight excluding hydrogens is 250 g/mol. The van der Waals surface area contributed by atoms with Crippen molar-refractivity contribution in [3.63, 3.8) is 0 Å². The summed E-state index contributed by atoms with van der Waals surface area (Å²) in [5, 5.41) is 10.8. The normalized spacial score (nSPS) is 17.8. The monoisotopic (exact) mass is 267 g/mol. The van der Waals surface area contributed by atoms with Gasteiger partial charge in [0.1, 0.15) is 5.60 Å². The van der Waals surface area contributed by atoms with Crippen LogP contribution in [0.5, 0.6) is 0 Å². The molecular formula is C14H18ClNO2. The van der Waals surface area contributed by atoms with Crippen molar-refractivity contribution in [2.45, 2.75) is 26.4 Å². The number of hydrogen-bond acceptors (Lipinski definition) is 2. The minimum absolute atomic E-state index is 0.0329. The van der Waals surface area contributed by atoms with Gasteiger partial charge in [-0.05, 0) is 36.6 Å². The summed E-state index contributed by atoms with van der Waals surface area (Å²) < 4.78 is 0. The fourth-order valence-corrected chi connectivity index (χ4v) is 2.39. The maximum Gasteiger partial charge on any atom is 0.254 e. The molecule has 2 rings (SSSR count). The summed E-state index contributed by atoms with van der Waals surface area (Å²) in [6, 6.07) is 5.24. The number of β-amino-alcohol motifs (C(OH)–C–C–N with tert-alkyl or cyclic N) is 1. The number of aryl methyl sites for hydroxylation is 1. The molecule has 0 spiro atoms. The number of carbonyl (C=O) groups excluding carboxylic acids is 1. The molecule has 98 valence electrons. The number of amides is 1. The second-order valence-electron chi connectivity index (χ2n) is 5.38. The zero-order valence-electron chi connectivity index (χ0n) is 10.9. The van der Waals surface area contributed by atoms with Crippen molar-refractivity contribution in [1.82, 2.24) is 4.90 Å². The Hall–Kier alpha value is -1.06. The van der Waals surface area contributed by atoms with E-state index < -0.39 is 5.60 Å². The van der Waals surface area contributed by atoms with Crippen molar-refractivity contribution in [1.29, 1.82) is 0 Å². The van der Waals surface area contributed by atoms with Gasteiger partial charge in [-0.15, -0.1) is 0 Å². The minimum atomic E-state index is -0.726. The lowest BCUT2D eigenvalue weighted by atomic mass is 9.82. The molecule has 0 saturated carbocycles. The number of nitrogens with zero attached hydrogens (tertiary/aromatic N) is 1. The van der Waals surface area contributed by atoms with Crippen LogP contribution in [-0.2, 0) is 0 Å². The van der Waals surface area contributed by atoms with Crippen LogP contribution in [0, 0.1) is 12.8 Å². The van der Waals surface area contributed by atoms with E-state index in [1.54, 1.807) is 23.1 Å². The molecule has 1 N–H and O–H groups in total. The first kappa shape index (κ1) is 13.4. The van der Waals surface area contributed by atoms with E-state index in [0.717, 1.165) is 5.56 Å². The van der Waals surface area contributed by atoms with E-state index in [2.05, 4.69) is 0 Å². The van der Waals surface area contributed by atoms with E-state index in [0.29, 0.717) is 23.7 Å². The third kappa shape index (κ3) is 2.25. The van der Waals surface area contributed by atoms with Gasteiger partial charge in [-0.3, -0.25) is 4.79 Å². The molecule has 1 aromatic rings. The van der Waals surface area contributed by atoms with Gasteiger partial charge in [0, 0.05) is 10.6 Å². The van der Waals surface area contributed by atoms with E-state index >= 15 is 0 Å². The van der Waals surface area contributed by atoms with E-state index in [1.165, 1.54) is 0 Å². The van der Waals surface area contributed by atoms with Crippen LogP contribution in [0.25, 0.3) is 0 Å². The van der Waals surface area contributed by atoms with Crippen LogP contribution >= 0.6 is 11.6 Å². The Labute approximate surface area is 112 Å². The summed E-state index contributed by atoms with van der Waals surface area (Å²) in [6.07, 6.45) is 0. The molecule has 1 amide bonds. The Bertz CT molecular complexity index is 479. The molecule has 0 radical (unpaired) electrons. The smallest absolute Gasteiger partial charge is 0.254 e. The van der Waals surface area contributed by atoms with Gasteiger partial charge in [-0.25, -0.2) is 0 Å². The highest BCUT2D eigenvalue weighted by Gasteiger charge is 2.46. The predicted octanol–water partition coefficient (Wildman–Crippen LogP) is 2.49. The number of rotatable bonds is 2. The summed E-state index contributed by atoms with van der Waals surface area (Å²) >= 11 is 5.87. The van der Waals surface area contributed by atoms with E-state index in [9.17, 15) is 9.90 Å². The van der Waals surface area contributed by atoms with Crippen LogP contribution in [0.4, 0.5) is 0 Å². The highest BCUT2D eigenvalue weighted by molar-refractivity contribution is 6.30. The molecule has 1 fully saturated rings. The lowest BCUT2D eigenvalue weighted by Gasteiger charge is -2.49. The van der Waals surface area contributed by atoms with Gasteiger partial charge in [0.05, 0.1) is 13.1 Å². The molecule has 0 bridgehead atoms. The summed E-state index contributed by atoms with van der Waals surface area (Å²) in [7, 11) is 0. The average Bonchev–Trinajstić information content (AvgIpc) is 2.23. The van der Waals surface area contributed by atoms with Crippen LogP contribution in [0.15, 0.2) is 18.2 Å². The van der Waals surface area contributed by atoms with E-state index in [1.807, 2.05) is 20.8 Å². The summed E-state index contributed by atoms with van der Waals surface area (Å²) in [5.74, 6) is 0.127. The zero-order valence-corrected chi connectivity index (χ0v) is 11.7. The lowest BCUT2D eigenvalue weighted by Crippen LogP contribution is -2.66. The molecule has 1 aliphatic rings. The molecule has 0 aromatic heterocycles. The number of hydrogen-bond donors (Lipinski definition) is 1. The van der Waals surface area contributed by atoms with Gasteiger partial charge in [0.2, 0.25) is 0 Å². The molecule has 4 heteroatoms. The first-order valence-corrected chi connectivity index (χ1v) is 6.49. The number of carbonyl (C=O) groups is 1. The minimum Gasteiger partial charge on any atom is -0.386 e. The predicted molar refractivity (Wildman–Crippen MR) is 71.9 cm³/mol. The molecule has 0 aliphatic carbocycles. The van der Waals surface area contributed by atoms with Crippen molar-refractivity contribution in [3.05, 3.63) is 34.3 Å². The largest absolute Gasteiger partial charge is 0.386 e. The van der Waals surface area contributed by atoms with Crippen LogP contribution in [0.1, 0.15) is 29.8 Å². The number of aliphatic hydroxyl groups is 1. The molecule has 1 aromatic carbocycles. The number of halogens is 1. The Morgan fingerprint density at radius 1 is 1.44 bits per heavy atom. The van der Waals surface area contributed by atoms with Crippen molar-refractivity contribution in [2.24, 2.45) is 5.92 Å². The van der Waals surface area contributed by atoms with Gasteiger partial charge in [0.25, 0.3) is 5.91 Å². The lowest BCUT2D eigenvalue weighted by molar-refractivity contribution is -0.110. The molecule has 0 atom stereocenters. The Morgan fingerprint density at radius 2 is 2.06 bits per heavy atom. The molecule has 1 heterocycles. The fraction of sp³-hybridized carbons (Fsp3) is 0.500. The number of likely N-dealkylation sites (tertiary alicyclic amines) is 1.